The van der Waals surface area contributed by atoms with Crippen LogP contribution in [0.3, 0.4) is 0 Å². The summed E-state index contributed by atoms with van der Waals surface area (Å²) in [6.07, 6.45) is 3.50. The van der Waals surface area contributed by atoms with E-state index in [1.54, 1.807) is 16.9 Å². The minimum atomic E-state index is -0.282. The molecule has 144 valence electrons. The lowest BCUT2D eigenvalue weighted by Crippen LogP contribution is -2.35. The molecule has 2 aromatic heterocycles. The Kier molecular flexibility index (Phi) is 4.58. The molecule has 28 heavy (non-hydrogen) atoms. The number of fused-ring (bicyclic) bond motifs is 1. The topological polar surface area (TPSA) is 83.9 Å². The molecule has 3 aromatic rings. The predicted octanol–water partition coefficient (Wildman–Crippen LogP) is 2.98. The van der Waals surface area contributed by atoms with Crippen LogP contribution in [0, 0.1) is 6.92 Å². The molecule has 1 N–H and O–H groups in total. The van der Waals surface area contributed by atoms with Crippen molar-refractivity contribution in [1.82, 2.24) is 20.0 Å². The first-order chi connectivity index (χ1) is 13.5. The zero-order valence-electron chi connectivity index (χ0n) is 16.3. The van der Waals surface area contributed by atoms with Crippen LogP contribution in [0.2, 0.25) is 0 Å². The third kappa shape index (κ3) is 3.13. The normalized spacial score (nSPS) is 13.6. The van der Waals surface area contributed by atoms with Gasteiger partial charge in [0.25, 0.3) is 11.5 Å². The fourth-order valence-corrected chi connectivity index (χ4v) is 3.64. The minimum absolute atomic E-state index is 0.0635. The third-order valence-electron chi connectivity index (χ3n) is 5.26. The van der Waals surface area contributed by atoms with E-state index in [0.29, 0.717) is 29.5 Å². The molecule has 0 spiro atoms. The summed E-state index contributed by atoms with van der Waals surface area (Å²) in [6, 6.07) is 9.36. The smallest absolute Gasteiger partial charge is 0.264 e. The molecule has 1 aliphatic rings. The van der Waals surface area contributed by atoms with E-state index in [0.717, 1.165) is 18.5 Å². The van der Waals surface area contributed by atoms with Crippen LogP contribution in [0.15, 0.2) is 41.3 Å². The van der Waals surface area contributed by atoms with Crippen LogP contribution < -0.4 is 10.5 Å². The average molecular weight is 377 g/mol. The molecule has 7 heteroatoms. The summed E-state index contributed by atoms with van der Waals surface area (Å²) in [4.78, 5) is 26.4. The second kappa shape index (κ2) is 7.07. The Balaban J connectivity index is 1.68. The molecule has 0 saturated heterocycles. The van der Waals surface area contributed by atoms with Crippen LogP contribution in [-0.4, -0.2) is 32.4 Å². The van der Waals surface area contributed by atoms with Crippen LogP contribution in [0.5, 0.6) is 0 Å². The average Bonchev–Trinajstić information content (AvgIpc) is 3.08. The van der Waals surface area contributed by atoms with E-state index in [2.05, 4.69) is 47.3 Å². The van der Waals surface area contributed by atoms with Crippen molar-refractivity contribution in [3.8, 4) is 5.82 Å². The molecule has 0 aliphatic carbocycles. The number of aromatic amines is 1. The monoisotopic (exact) mass is 377 g/mol. The van der Waals surface area contributed by atoms with Gasteiger partial charge in [0.15, 0.2) is 5.82 Å². The summed E-state index contributed by atoms with van der Waals surface area (Å²) >= 11 is 0. The number of nitrogens with one attached hydrogen (secondary N) is 1. The maximum Gasteiger partial charge on any atom is 0.264 e. The maximum absolute atomic E-state index is 13.3. The van der Waals surface area contributed by atoms with Gasteiger partial charge in [0.2, 0.25) is 0 Å². The molecular formula is C21H23N5O2. The van der Waals surface area contributed by atoms with Gasteiger partial charge < -0.3 is 4.90 Å². The lowest BCUT2D eigenvalue weighted by molar-refractivity contribution is 0.0984. The predicted molar refractivity (Wildman–Crippen MR) is 107 cm³/mol. The number of H-pyrrole nitrogens is 1. The van der Waals surface area contributed by atoms with E-state index in [4.69, 9.17) is 0 Å². The fraction of sp³-hybridized carbons (Fsp3) is 0.333. The van der Waals surface area contributed by atoms with Gasteiger partial charge in [-0.15, -0.1) is 0 Å². The number of amides is 1. The van der Waals surface area contributed by atoms with Crippen LogP contribution in [0.1, 0.15) is 53.4 Å². The first-order valence-corrected chi connectivity index (χ1v) is 9.51. The summed E-state index contributed by atoms with van der Waals surface area (Å²) in [5.41, 5.74) is 4.44. The quantitative estimate of drug-likeness (QED) is 0.760. The van der Waals surface area contributed by atoms with E-state index in [1.807, 2.05) is 11.8 Å². The lowest BCUT2D eigenvalue weighted by atomic mass is 9.94. The Morgan fingerprint density at radius 3 is 2.75 bits per heavy atom. The number of aromatic nitrogens is 4. The highest BCUT2D eigenvalue weighted by molar-refractivity contribution is 6.07. The lowest BCUT2D eigenvalue weighted by Gasteiger charge is -2.30. The molecule has 0 bridgehead atoms. The summed E-state index contributed by atoms with van der Waals surface area (Å²) in [5, 5.41) is 10.7. The molecule has 4 rings (SSSR count). The second-order valence-corrected chi connectivity index (χ2v) is 7.44. The molecule has 7 nitrogen and oxygen atoms in total. The van der Waals surface area contributed by atoms with Gasteiger partial charge in [0, 0.05) is 18.3 Å². The van der Waals surface area contributed by atoms with Crippen molar-refractivity contribution >= 4 is 11.6 Å². The highest BCUT2D eigenvalue weighted by Crippen LogP contribution is 2.31. The van der Waals surface area contributed by atoms with Crippen molar-refractivity contribution in [2.45, 2.75) is 39.5 Å². The molecular weight excluding hydrogens is 354 g/mol. The van der Waals surface area contributed by atoms with Crippen LogP contribution in [0.4, 0.5) is 5.69 Å². The zero-order valence-corrected chi connectivity index (χ0v) is 16.3. The number of benzene rings is 1. The van der Waals surface area contributed by atoms with Crippen molar-refractivity contribution in [2.75, 3.05) is 11.4 Å². The third-order valence-corrected chi connectivity index (χ3v) is 5.26. The van der Waals surface area contributed by atoms with Gasteiger partial charge in [-0.3, -0.25) is 9.59 Å². The molecule has 0 atom stereocenters. The first kappa shape index (κ1) is 18.2. The number of hydrogen-bond acceptors (Lipinski definition) is 4. The fourth-order valence-electron chi connectivity index (χ4n) is 3.64. The second-order valence-electron chi connectivity index (χ2n) is 7.44. The largest absolute Gasteiger partial charge is 0.308 e. The van der Waals surface area contributed by atoms with Gasteiger partial charge in [-0.1, -0.05) is 26.0 Å². The number of anilines is 1. The standard InChI is InChI=1S/C21H23N5O2/c1-13(2)15-6-7-18-16(11-15)5-4-10-25(18)21(28)17-12-22-26(14(17)3)19-8-9-20(27)24-23-19/h6-9,11-13H,4-5,10H2,1-3H3,(H,24,27). The van der Waals surface area contributed by atoms with Crippen LogP contribution in [0.25, 0.3) is 5.82 Å². The summed E-state index contributed by atoms with van der Waals surface area (Å²) in [7, 11) is 0. The Morgan fingerprint density at radius 1 is 1.21 bits per heavy atom. The Morgan fingerprint density at radius 2 is 2.04 bits per heavy atom. The summed E-state index contributed by atoms with van der Waals surface area (Å²) in [5.74, 6) is 0.866. The van der Waals surface area contributed by atoms with Crippen LogP contribution >= 0.6 is 0 Å². The van der Waals surface area contributed by atoms with Gasteiger partial charge in [0.1, 0.15) is 0 Å². The zero-order chi connectivity index (χ0) is 19.8. The Bertz CT molecular complexity index is 1080. The van der Waals surface area contributed by atoms with E-state index in [-0.39, 0.29) is 11.5 Å². The number of carbonyl (C=O) groups excluding carboxylic acids is 1. The Labute approximate surface area is 163 Å². The van der Waals surface area contributed by atoms with Crippen molar-refractivity contribution in [2.24, 2.45) is 0 Å². The van der Waals surface area contributed by atoms with E-state index in [9.17, 15) is 9.59 Å². The Hall–Kier alpha value is -3.22. The number of hydrogen-bond donors (Lipinski definition) is 1. The van der Waals surface area contributed by atoms with Gasteiger partial charge in [0.05, 0.1) is 17.5 Å². The highest BCUT2D eigenvalue weighted by Gasteiger charge is 2.27. The first-order valence-electron chi connectivity index (χ1n) is 9.51. The van der Waals surface area contributed by atoms with Crippen molar-refractivity contribution < 1.29 is 4.79 Å². The molecule has 1 aliphatic heterocycles. The molecule has 3 heterocycles. The molecule has 1 aromatic carbocycles. The summed E-state index contributed by atoms with van der Waals surface area (Å²) < 4.78 is 1.57. The van der Waals surface area contributed by atoms with Gasteiger partial charge in [-0.25, -0.2) is 9.78 Å². The minimum Gasteiger partial charge on any atom is -0.308 e. The molecule has 0 saturated carbocycles. The van der Waals surface area contributed by atoms with Gasteiger partial charge in [-0.05, 0) is 48.9 Å². The number of aryl methyl sites for hydroxylation is 1. The van der Waals surface area contributed by atoms with E-state index >= 15 is 0 Å². The van der Waals surface area contributed by atoms with Gasteiger partial charge >= 0.3 is 0 Å². The van der Waals surface area contributed by atoms with Crippen molar-refractivity contribution in [3.05, 3.63) is 69.3 Å². The van der Waals surface area contributed by atoms with Crippen molar-refractivity contribution in [1.29, 1.82) is 0 Å². The van der Waals surface area contributed by atoms with E-state index < -0.39 is 0 Å². The SMILES string of the molecule is Cc1c(C(=O)N2CCCc3cc(C(C)C)ccc32)cnn1-c1ccc(=O)[nH]n1. The molecule has 1 amide bonds. The highest BCUT2D eigenvalue weighted by atomic mass is 16.2. The number of rotatable bonds is 3. The summed E-state index contributed by atoms with van der Waals surface area (Å²) in [6.45, 7) is 6.88. The van der Waals surface area contributed by atoms with Crippen molar-refractivity contribution in [3.63, 3.8) is 0 Å². The van der Waals surface area contributed by atoms with Gasteiger partial charge in [-0.2, -0.15) is 10.2 Å². The molecule has 0 unspecified atom stereocenters. The maximum atomic E-state index is 13.3. The van der Waals surface area contributed by atoms with E-state index in [1.165, 1.54) is 17.2 Å². The van der Waals surface area contributed by atoms with Crippen LogP contribution in [-0.2, 0) is 6.42 Å². The molecule has 0 fully saturated rings. The number of nitrogens with zero attached hydrogens (tertiary/aromatic N) is 4. The molecule has 0 radical (unpaired) electrons. The number of carbonyl (C=O) groups is 1.